The van der Waals surface area contributed by atoms with E-state index >= 15 is 0 Å². The number of nitrogen functional groups attached to an aromatic ring is 2. The van der Waals surface area contributed by atoms with Gasteiger partial charge in [-0.15, -0.1) is 13.2 Å². The Bertz CT molecular complexity index is 3810. The van der Waals surface area contributed by atoms with Gasteiger partial charge in [0.15, 0.2) is 45.6 Å². The summed E-state index contributed by atoms with van der Waals surface area (Å²) >= 11 is 2.05. The first-order chi connectivity index (χ1) is 49.1. The highest BCUT2D eigenvalue weighted by Crippen LogP contribution is 2.63. The van der Waals surface area contributed by atoms with Crippen LogP contribution >= 0.6 is 70.5 Å². The number of fused-ring (bicyclic) bond motifs is 2. The minimum Gasteiger partial charge on any atom is -0.386 e. The van der Waals surface area contributed by atoms with Gasteiger partial charge < -0.3 is 102 Å². The lowest BCUT2D eigenvalue weighted by Gasteiger charge is -2.30. The maximum Gasteiger partial charge on any atom is 0.481 e. The lowest BCUT2D eigenvalue weighted by molar-refractivity contribution is -0.137. The third-order valence-corrected chi connectivity index (χ3v) is 22.1. The maximum absolute atomic E-state index is 12.6. The van der Waals surface area contributed by atoms with Crippen LogP contribution < -0.4 is 32.7 Å². The van der Waals surface area contributed by atoms with E-state index in [1.54, 1.807) is 0 Å². The Hall–Kier alpha value is -5.40. The molecule has 2 fully saturated rings. The molecule has 4 aromatic heterocycles. The molecule has 4 unspecified atom stereocenters. The van der Waals surface area contributed by atoms with Gasteiger partial charge in [0.2, 0.25) is 23.6 Å². The lowest BCUT2D eigenvalue weighted by atomic mass is 9.87. The molecule has 0 bridgehead atoms. The molecule has 6 heterocycles. The van der Waals surface area contributed by atoms with Crippen molar-refractivity contribution in [3.63, 3.8) is 0 Å². The highest BCUT2D eigenvalue weighted by Gasteiger charge is 2.53. The van der Waals surface area contributed by atoms with Crippen molar-refractivity contribution in [2.45, 2.75) is 115 Å². The van der Waals surface area contributed by atoms with Gasteiger partial charge in [0.05, 0.1) is 39.1 Å². The summed E-state index contributed by atoms with van der Waals surface area (Å²) in [6.07, 6.45) is -10.5. The monoisotopic (exact) mass is 1670 g/mol. The van der Waals surface area contributed by atoms with Crippen molar-refractivity contribution in [2.24, 2.45) is 10.8 Å². The number of amides is 4. The Balaban J connectivity index is 0.000000381. The Morgan fingerprint density at radius 2 is 0.896 bits per heavy atom. The molecule has 2 saturated heterocycles. The molecule has 106 heavy (non-hydrogen) atoms. The minimum absolute atomic E-state index is 0.0295. The van der Waals surface area contributed by atoms with Gasteiger partial charge in [-0.2, -0.15) is 8.62 Å². The van der Waals surface area contributed by atoms with Crippen LogP contribution in [0.5, 0.6) is 0 Å². The number of allylic oxidation sites excluding steroid dienone is 2. The smallest absolute Gasteiger partial charge is 0.386 e. The number of aliphatic hydroxyl groups excluding tert-OH is 4. The molecule has 0 spiro atoms. The first kappa shape index (κ1) is 91.2. The number of aliphatic hydroxyl groups is 4. The summed E-state index contributed by atoms with van der Waals surface area (Å²) in [6, 6.07) is 0. The predicted molar refractivity (Wildman–Crippen MR) is 364 cm³/mol. The molecule has 14 atom stereocenters. The van der Waals surface area contributed by atoms with Crippen molar-refractivity contribution in [1.82, 2.24) is 60.3 Å². The topological polar surface area (TPSA) is 727 Å². The van der Waals surface area contributed by atoms with Crippen molar-refractivity contribution >= 4 is 138 Å². The summed E-state index contributed by atoms with van der Waals surface area (Å²) in [7, 11) is -32.8. The fourth-order valence-electron chi connectivity index (χ4n) is 8.94. The summed E-state index contributed by atoms with van der Waals surface area (Å²) in [5.74, 6) is -2.27. The summed E-state index contributed by atoms with van der Waals surface area (Å²) in [6.45, 7) is 7.86. The zero-order chi connectivity index (χ0) is 79.6. The van der Waals surface area contributed by atoms with E-state index in [4.69, 9.17) is 39.0 Å². The van der Waals surface area contributed by atoms with Gasteiger partial charge >= 0.3 is 46.9 Å². The molecule has 2 aliphatic rings. The van der Waals surface area contributed by atoms with Crippen LogP contribution in [-0.2, 0) is 101 Å². The second-order valence-corrected chi connectivity index (χ2v) is 34.3. The first-order valence-electron chi connectivity index (χ1n) is 30.4. The molecular weight excluding hydrogens is 1590 g/mol. The number of imidazole rings is 2. The van der Waals surface area contributed by atoms with Crippen molar-refractivity contribution in [3.05, 3.63) is 50.6 Å². The first-order valence-corrected chi connectivity index (χ1v) is 41.4. The third kappa shape index (κ3) is 28.8. The number of anilines is 2. The van der Waals surface area contributed by atoms with E-state index in [1.165, 1.54) is 39.8 Å². The Labute approximate surface area is 608 Å². The van der Waals surface area contributed by atoms with E-state index < -0.39 is 169 Å². The molecule has 0 aliphatic carbocycles. The Morgan fingerprint density at radius 3 is 1.23 bits per heavy atom. The van der Waals surface area contributed by atoms with Crippen LogP contribution in [0.2, 0.25) is 0 Å². The molecule has 48 nitrogen and oxygen atoms in total. The van der Waals surface area contributed by atoms with Crippen molar-refractivity contribution in [3.8, 4) is 0 Å². The summed E-state index contributed by atoms with van der Waals surface area (Å²) in [5, 5.41) is 52.3. The highest BCUT2D eigenvalue weighted by atomic mass is 32.2. The van der Waals surface area contributed by atoms with E-state index in [0.29, 0.717) is 11.5 Å². The molecule has 4 aromatic rings. The van der Waals surface area contributed by atoms with Gasteiger partial charge in [-0.3, -0.25) is 65.0 Å². The van der Waals surface area contributed by atoms with Gasteiger partial charge in [-0.05, 0) is 0 Å². The number of hydrogen-bond donors (Lipinski definition) is 18. The van der Waals surface area contributed by atoms with Crippen molar-refractivity contribution in [2.75, 3.05) is 75.6 Å². The number of hydrogen-bond acceptors (Lipinski definition) is 36. The van der Waals surface area contributed by atoms with Crippen LogP contribution in [0.15, 0.2) is 50.6 Å². The SMILES string of the molecule is C=CCC(=O)SCCNC(=O)CCNC(=O)[C@H](O)C(C)(C)COP(=O)(O)OP(=O)(O)OC[C@H]1O[C@@H](n2cnc3c(N)ncnc32)[C@H](O)[C@@H]1OP(=O)(O)O.C=CCC(=O)SCCNC(=O)CCNC(=O)[C@H](O)C(C)(C)COP(=O)(O)OP(=O)(O)OC[C@H]1O[C@@H](n2cnc3c(N)ncnc32)[C@H](O)[C@@H]1OP(=O)(O)O. The number of carbonyl (C=O) groups excluding carboxylic acids is 6. The molecule has 596 valence electrons. The number of phosphoric acid groups is 6. The maximum atomic E-state index is 12.6. The molecule has 20 N–H and O–H groups in total. The zero-order valence-corrected chi connectivity index (χ0v) is 63.1. The molecule has 0 aromatic carbocycles. The molecule has 4 amide bonds. The molecular formula is C50H80N14O34P6S2. The average molecular weight is 1670 g/mol. The summed E-state index contributed by atoms with van der Waals surface area (Å²) in [5.41, 5.74) is 8.51. The van der Waals surface area contributed by atoms with Gasteiger partial charge in [0.1, 0.15) is 72.5 Å². The fourth-order valence-corrected chi connectivity index (χ4v) is 15.9. The second-order valence-electron chi connectivity index (χ2n) is 23.6. The highest BCUT2D eigenvalue weighted by molar-refractivity contribution is 8.13. The van der Waals surface area contributed by atoms with Gasteiger partial charge in [0, 0.05) is 74.2 Å². The molecule has 0 saturated carbocycles. The van der Waals surface area contributed by atoms with Crippen molar-refractivity contribution in [1.29, 1.82) is 0 Å². The van der Waals surface area contributed by atoms with Crippen molar-refractivity contribution < 1.29 is 161 Å². The van der Waals surface area contributed by atoms with Crippen LogP contribution in [0.25, 0.3) is 22.3 Å². The van der Waals surface area contributed by atoms with E-state index in [0.717, 1.165) is 58.0 Å². The van der Waals surface area contributed by atoms with Crippen LogP contribution in [0.4, 0.5) is 11.6 Å². The number of nitrogens with one attached hydrogen (secondary N) is 4. The van der Waals surface area contributed by atoms with E-state index in [9.17, 15) is 116 Å². The van der Waals surface area contributed by atoms with Crippen LogP contribution in [0, 0.1) is 10.8 Å². The quantitative estimate of drug-likeness (QED) is 0.0136. The summed E-state index contributed by atoms with van der Waals surface area (Å²) < 4.78 is 124. The molecule has 0 radical (unpaired) electrons. The van der Waals surface area contributed by atoms with E-state index in [2.05, 4.69) is 82.0 Å². The largest absolute Gasteiger partial charge is 0.481 e. The number of phosphoric ester groups is 6. The van der Waals surface area contributed by atoms with Crippen LogP contribution in [0.3, 0.4) is 0 Å². The molecule has 6 rings (SSSR count). The van der Waals surface area contributed by atoms with E-state index in [-0.39, 0.29) is 96.1 Å². The zero-order valence-electron chi connectivity index (χ0n) is 56.1. The number of nitrogens with zero attached hydrogens (tertiary/aromatic N) is 8. The third-order valence-electron chi connectivity index (χ3n) is 14.2. The normalized spacial score (nSPS) is 22.1. The minimum atomic E-state index is -5.56. The fraction of sp³-hybridized carbons (Fsp3) is 0.600. The van der Waals surface area contributed by atoms with E-state index in [1.807, 2.05) is 0 Å². The number of aromatic nitrogens is 8. The predicted octanol–water partition coefficient (Wildman–Crippen LogP) is -1.52. The number of ether oxygens (including phenoxy) is 2. The van der Waals surface area contributed by atoms with Crippen LogP contribution in [-0.4, -0.2) is 245 Å². The van der Waals surface area contributed by atoms with Crippen LogP contribution in [0.1, 0.15) is 65.8 Å². The van der Waals surface area contributed by atoms with Gasteiger partial charge in [0.25, 0.3) is 0 Å². The number of carbonyl (C=O) groups is 6. The Morgan fingerprint density at radius 1 is 0.557 bits per heavy atom. The standard InChI is InChI=1S/2C25H40N7O17P3S/c2*1-4-5-16(34)53-9-8-27-15(33)6-7-28-23(37)20(36)25(2,3)11-46-52(43,44)49-51(41,42)45-10-14-19(48-50(38,39)40)18(35)24(47-14)32-13-31-17-21(26)29-12-30-22(17)32/h2*4,12-14,18-20,24,35-36H,1,5-11H2,2-3H3,(H,27,33)(H,28,37)(H,41,42)(H,43,44)(H2,26,29,30)(H2,38,39,40)/t2*14-,18-,19-,20+,24-/m11/s1. The number of nitrogens with two attached hydrogens (primary N) is 2. The van der Waals surface area contributed by atoms with Gasteiger partial charge in [-0.25, -0.2) is 57.3 Å². The molecule has 56 heteroatoms. The average Bonchev–Trinajstić information content (AvgIpc) is 1.62. The second kappa shape index (κ2) is 39.5. The lowest BCUT2D eigenvalue weighted by Crippen LogP contribution is -2.46. The van der Waals surface area contributed by atoms with Gasteiger partial charge in [-0.1, -0.05) is 63.4 Å². The molecule has 2 aliphatic heterocycles. The summed E-state index contributed by atoms with van der Waals surface area (Å²) in [4.78, 5) is 173. The number of thioether (sulfide) groups is 2. The Kier molecular flexibility index (Phi) is 34.0. The number of rotatable bonds is 42.